The van der Waals surface area contributed by atoms with E-state index in [0.29, 0.717) is 18.8 Å². The number of carbonyl (C=O) groups excluding carboxylic acids is 1. The van der Waals surface area contributed by atoms with Crippen LogP contribution in [-0.2, 0) is 14.9 Å². The van der Waals surface area contributed by atoms with Gasteiger partial charge in [-0.25, -0.2) is 0 Å². The van der Waals surface area contributed by atoms with Gasteiger partial charge in [0.15, 0.2) is 5.41 Å². The molecule has 2 aliphatic carbocycles. The molecule has 0 heterocycles. The summed E-state index contributed by atoms with van der Waals surface area (Å²) in [6.45, 7) is 2.13. The van der Waals surface area contributed by atoms with Crippen molar-refractivity contribution in [3.8, 4) is 5.75 Å². The van der Waals surface area contributed by atoms with Crippen LogP contribution in [0.3, 0.4) is 0 Å². The Labute approximate surface area is 184 Å². The van der Waals surface area contributed by atoms with Gasteiger partial charge in [-0.1, -0.05) is 48.9 Å². The lowest BCUT2D eigenvalue weighted by molar-refractivity contribution is -0.324. The van der Waals surface area contributed by atoms with Crippen molar-refractivity contribution in [1.29, 1.82) is 0 Å². The molecule has 0 bridgehead atoms. The number of halogens is 4. The topological polar surface area (TPSA) is 35.5 Å². The third kappa shape index (κ3) is 3.55. The van der Waals surface area contributed by atoms with Gasteiger partial charge in [0.25, 0.3) is 0 Å². The molecule has 7 heteroatoms. The van der Waals surface area contributed by atoms with Crippen molar-refractivity contribution < 1.29 is 31.8 Å². The first-order valence-electron chi connectivity index (χ1n) is 11.0. The monoisotopic (exact) mass is 450 g/mol. The quantitative estimate of drug-likeness (QED) is 0.385. The molecular formula is C25H26F4O3. The summed E-state index contributed by atoms with van der Waals surface area (Å²) in [4.78, 5) is 13.2. The van der Waals surface area contributed by atoms with Crippen molar-refractivity contribution in [2.24, 2.45) is 0 Å². The molecule has 2 aromatic rings. The standard InChI is InChI=1S/C25H26F4O3/c1-2-31-19-14-12-18(13-15-19)23(16-24(26,27)25(23,28)29)22(30)32-21-11-7-6-10-20(21)17-8-4-3-5-9-17/h3-5,8-9,12-15,20-21H,2,6-7,10-11,16H2,1H3/t20-,21+,23+/m1/s1. The molecular weight excluding hydrogens is 424 g/mol. The average molecular weight is 450 g/mol. The van der Waals surface area contributed by atoms with E-state index in [1.807, 2.05) is 30.3 Å². The van der Waals surface area contributed by atoms with Crippen LogP contribution >= 0.6 is 0 Å². The molecule has 172 valence electrons. The second kappa shape index (κ2) is 8.41. The van der Waals surface area contributed by atoms with Gasteiger partial charge >= 0.3 is 17.8 Å². The van der Waals surface area contributed by atoms with Crippen LogP contribution in [-0.4, -0.2) is 30.5 Å². The van der Waals surface area contributed by atoms with Crippen molar-refractivity contribution in [3.63, 3.8) is 0 Å². The highest BCUT2D eigenvalue weighted by atomic mass is 19.3. The maximum Gasteiger partial charge on any atom is 0.330 e. The summed E-state index contributed by atoms with van der Waals surface area (Å²) in [7, 11) is 0. The van der Waals surface area contributed by atoms with Crippen molar-refractivity contribution in [2.45, 2.75) is 68.3 Å². The molecule has 3 nitrogen and oxygen atoms in total. The summed E-state index contributed by atoms with van der Waals surface area (Å²) < 4.78 is 68.8. The highest BCUT2D eigenvalue weighted by molar-refractivity contribution is 5.87. The van der Waals surface area contributed by atoms with Gasteiger partial charge in [-0.3, -0.25) is 4.79 Å². The SMILES string of the molecule is CCOc1ccc([C@]2(C(=O)O[C@H]3CCCC[C@@H]3c3ccccc3)CC(F)(F)C2(F)F)cc1. The van der Waals surface area contributed by atoms with Gasteiger partial charge in [0.05, 0.1) is 6.61 Å². The molecule has 0 spiro atoms. The van der Waals surface area contributed by atoms with Gasteiger partial charge in [0.2, 0.25) is 0 Å². The number of alkyl halides is 4. The number of hydrogen-bond acceptors (Lipinski definition) is 3. The Balaban J connectivity index is 1.65. The van der Waals surface area contributed by atoms with Crippen LogP contribution in [0.15, 0.2) is 54.6 Å². The molecule has 2 fully saturated rings. The smallest absolute Gasteiger partial charge is 0.330 e. The largest absolute Gasteiger partial charge is 0.494 e. The number of esters is 1. The van der Waals surface area contributed by atoms with Crippen molar-refractivity contribution >= 4 is 5.97 Å². The second-order valence-electron chi connectivity index (χ2n) is 8.56. The fourth-order valence-electron chi connectivity index (χ4n) is 4.92. The van der Waals surface area contributed by atoms with E-state index < -0.39 is 35.8 Å². The molecule has 2 saturated carbocycles. The van der Waals surface area contributed by atoms with Crippen LogP contribution in [0.25, 0.3) is 0 Å². The van der Waals surface area contributed by atoms with E-state index in [-0.39, 0.29) is 11.5 Å². The Morgan fingerprint density at radius 3 is 2.22 bits per heavy atom. The third-order valence-corrected chi connectivity index (χ3v) is 6.68. The Kier molecular flexibility index (Phi) is 5.94. The number of rotatable bonds is 6. The molecule has 0 radical (unpaired) electrons. The average Bonchev–Trinajstić information content (AvgIpc) is 2.79. The Morgan fingerprint density at radius 2 is 1.62 bits per heavy atom. The molecule has 3 atom stereocenters. The zero-order chi connectivity index (χ0) is 23.0. The molecule has 0 aliphatic heterocycles. The summed E-state index contributed by atoms with van der Waals surface area (Å²) in [6.07, 6.45) is 1.03. The second-order valence-corrected chi connectivity index (χ2v) is 8.56. The number of carbonyl (C=O) groups is 1. The minimum absolute atomic E-state index is 0.152. The summed E-state index contributed by atoms with van der Waals surface area (Å²) in [5, 5.41) is 0. The Hall–Kier alpha value is -2.57. The molecule has 32 heavy (non-hydrogen) atoms. The zero-order valence-electron chi connectivity index (χ0n) is 17.8. The van der Waals surface area contributed by atoms with Gasteiger partial charge in [-0.2, -0.15) is 17.6 Å². The first kappa shape index (κ1) is 22.6. The van der Waals surface area contributed by atoms with Gasteiger partial charge < -0.3 is 9.47 Å². The maximum absolute atomic E-state index is 14.9. The lowest BCUT2D eigenvalue weighted by atomic mass is 9.58. The fraction of sp³-hybridized carbons (Fsp3) is 0.480. The Morgan fingerprint density at radius 1 is 0.969 bits per heavy atom. The first-order chi connectivity index (χ1) is 15.2. The molecule has 0 N–H and O–H groups in total. The van der Waals surface area contributed by atoms with E-state index in [4.69, 9.17) is 9.47 Å². The summed E-state index contributed by atoms with van der Waals surface area (Å²) in [6, 6.07) is 14.7. The highest BCUT2D eigenvalue weighted by Crippen LogP contribution is 2.64. The fourth-order valence-corrected chi connectivity index (χ4v) is 4.92. The zero-order valence-corrected chi connectivity index (χ0v) is 17.8. The molecule has 0 amide bonds. The molecule has 0 unspecified atom stereocenters. The summed E-state index contributed by atoms with van der Waals surface area (Å²) in [5.74, 6) is -9.87. The number of benzene rings is 2. The maximum atomic E-state index is 14.9. The lowest BCUT2D eigenvalue weighted by Crippen LogP contribution is -2.73. The van der Waals surface area contributed by atoms with Crippen LogP contribution in [0.4, 0.5) is 17.6 Å². The van der Waals surface area contributed by atoms with Crippen LogP contribution < -0.4 is 4.74 Å². The van der Waals surface area contributed by atoms with E-state index in [1.54, 1.807) is 6.92 Å². The number of ether oxygens (including phenoxy) is 2. The van der Waals surface area contributed by atoms with Crippen LogP contribution in [0, 0.1) is 0 Å². The van der Waals surface area contributed by atoms with Crippen molar-refractivity contribution in [3.05, 3.63) is 65.7 Å². The Bertz CT molecular complexity index is 945. The van der Waals surface area contributed by atoms with Gasteiger partial charge in [0, 0.05) is 12.3 Å². The van der Waals surface area contributed by atoms with Gasteiger partial charge in [-0.15, -0.1) is 0 Å². The van der Waals surface area contributed by atoms with E-state index in [9.17, 15) is 22.4 Å². The van der Waals surface area contributed by atoms with E-state index >= 15 is 0 Å². The number of hydrogen-bond donors (Lipinski definition) is 0. The molecule has 2 aliphatic rings. The third-order valence-electron chi connectivity index (χ3n) is 6.68. The molecule has 2 aromatic carbocycles. The van der Waals surface area contributed by atoms with E-state index in [1.165, 1.54) is 24.3 Å². The van der Waals surface area contributed by atoms with E-state index in [0.717, 1.165) is 24.8 Å². The minimum Gasteiger partial charge on any atom is -0.494 e. The molecule has 0 aromatic heterocycles. The lowest BCUT2D eigenvalue weighted by Gasteiger charge is -2.52. The minimum atomic E-state index is -4.55. The molecule has 0 saturated heterocycles. The molecule has 4 rings (SSSR count). The summed E-state index contributed by atoms with van der Waals surface area (Å²) >= 11 is 0. The van der Waals surface area contributed by atoms with Crippen LogP contribution in [0.2, 0.25) is 0 Å². The normalized spacial score (nSPS) is 28.4. The summed E-state index contributed by atoms with van der Waals surface area (Å²) in [5.41, 5.74) is -1.96. The van der Waals surface area contributed by atoms with Crippen molar-refractivity contribution in [1.82, 2.24) is 0 Å². The van der Waals surface area contributed by atoms with E-state index in [2.05, 4.69) is 0 Å². The van der Waals surface area contributed by atoms with Crippen LogP contribution in [0.5, 0.6) is 5.75 Å². The first-order valence-corrected chi connectivity index (χ1v) is 11.0. The van der Waals surface area contributed by atoms with Crippen LogP contribution in [0.1, 0.15) is 56.1 Å². The predicted octanol–water partition coefficient (Wildman–Crippen LogP) is 6.27. The van der Waals surface area contributed by atoms with Gasteiger partial charge in [-0.05, 0) is 49.4 Å². The van der Waals surface area contributed by atoms with Crippen molar-refractivity contribution in [2.75, 3.05) is 6.61 Å². The predicted molar refractivity (Wildman–Crippen MR) is 111 cm³/mol. The highest BCUT2D eigenvalue weighted by Gasteiger charge is 2.84. The van der Waals surface area contributed by atoms with Gasteiger partial charge in [0.1, 0.15) is 11.9 Å².